The van der Waals surface area contributed by atoms with E-state index < -0.39 is 5.54 Å². The van der Waals surface area contributed by atoms with Crippen molar-refractivity contribution in [2.75, 3.05) is 6.61 Å². The largest absolute Gasteiger partial charge is 0.394 e. The molecular formula is C14H22N2O3S. The van der Waals surface area contributed by atoms with Crippen LogP contribution in [0.15, 0.2) is 17.5 Å². The first kappa shape index (κ1) is 16.7. The van der Waals surface area contributed by atoms with Crippen molar-refractivity contribution in [2.24, 2.45) is 0 Å². The van der Waals surface area contributed by atoms with Gasteiger partial charge in [-0.1, -0.05) is 13.0 Å². The van der Waals surface area contributed by atoms with Crippen LogP contribution in [0.3, 0.4) is 0 Å². The van der Waals surface area contributed by atoms with E-state index in [2.05, 4.69) is 10.6 Å². The molecule has 0 aliphatic rings. The number of nitrogens with one attached hydrogen (secondary N) is 2. The van der Waals surface area contributed by atoms with Crippen molar-refractivity contribution < 1.29 is 14.7 Å². The highest BCUT2D eigenvalue weighted by Crippen LogP contribution is 2.22. The van der Waals surface area contributed by atoms with Gasteiger partial charge in [0.05, 0.1) is 24.6 Å². The minimum atomic E-state index is -0.618. The number of aliphatic hydroxyl groups is 1. The summed E-state index contributed by atoms with van der Waals surface area (Å²) in [6.45, 7) is 5.02. The van der Waals surface area contributed by atoms with Gasteiger partial charge < -0.3 is 15.7 Å². The number of hydrogen-bond acceptors (Lipinski definition) is 4. The molecule has 0 spiro atoms. The fourth-order valence-corrected chi connectivity index (χ4v) is 2.55. The summed E-state index contributed by atoms with van der Waals surface area (Å²) in [6, 6.07) is 3.45. The van der Waals surface area contributed by atoms with E-state index in [0.717, 1.165) is 4.88 Å². The molecule has 5 nitrogen and oxygen atoms in total. The number of rotatable bonds is 7. The minimum absolute atomic E-state index is 0.112. The molecule has 0 bridgehead atoms. The lowest BCUT2D eigenvalue weighted by atomic mass is 9.99. The van der Waals surface area contributed by atoms with Gasteiger partial charge in [-0.05, 0) is 24.8 Å². The molecule has 1 aromatic rings. The zero-order valence-corrected chi connectivity index (χ0v) is 12.9. The van der Waals surface area contributed by atoms with Crippen LogP contribution in [-0.4, -0.2) is 29.1 Å². The van der Waals surface area contributed by atoms with E-state index in [4.69, 9.17) is 0 Å². The number of carbonyl (C=O) groups excluding carboxylic acids is 2. The Labute approximate surface area is 123 Å². The average Bonchev–Trinajstić information content (AvgIpc) is 2.91. The maximum Gasteiger partial charge on any atom is 0.222 e. The summed E-state index contributed by atoms with van der Waals surface area (Å²) in [4.78, 5) is 24.3. The predicted octanol–water partition coefficient (Wildman–Crippen LogP) is 1.59. The van der Waals surface area contributed by atoms with Gasteiger partial charge in [0.25, 0.3) is 0 Å². The number of thiophene rings is 1. The first-order valence-electron chi connectivity index (χ1n) is 6.62. The molecule has 6 heteroatoms. The molecule has 0 fully saturated rings. The van der Waals surface area contributed by atoms with Crippen LogP contribution in [0.1, 0.15) is 44.5 Å². The Kier molecular flexibility index (Phi) is 6.16. The van der Waals surface area contributed by atoms with Crippen molar-refractivity contribution in [3.63, 3.8) is 0 Å². The Hall–Kier alpha value is -1.40. The Morgan fingerprint density at radius 1 is 1.50 bits per heavy atom. The summed E-state index contributed by atoms with van der Waals surface area (Å²) in [7, 11) is 0. The van der Waals surface area contributed by atoms with Crippen molar-refractivity contribution in [2.45, 2.75) is 45.2 Å². The van der Waals surface area contributed by atoms with Gasteiger partial charge in [-0.15, -0.1) is 11.3 Å². The Morgan fingerprint density at radius 2 is 2.20 bits per heavy atom. The molecule has 2 amide bonds. The van der Waals surface area contributed by atoms with Crippen molar-refractivity contribution in [3.8, 4) is 0 Å². The van der Waals surface area contributed by atoms with E-state index in [9.17, 15) is 14.7 Å². The van der Waals surface area contributed by atoms with Crippen LogP contribution in [0.25, 0.3) is 0 Å². The van der Waals surface area contributed by atoms with Gasteiger partial charge in [-0.25, -0.2) is 0 Å². The molecule has 2 atom stereocenters. The monoisotopic (exact) mass is 298 g/mol. The molecule has 2 unspecified atom stereocenters. The van der Waals surface area contributed by atoms with Crippen molar-refractivity contribution in [1.29, 1.82) is 0 Å². The third-order valence-electron chi connectivity index (χ3n) is 3.22. The third kappa shape index (κ3) is 4.94. The molecule has 0 aromatic carbocycles. The van der Waals surface area contributed by atoms with Crippen LogP contribution >= 0.6 is 11.3 Å². The summed E-state index contributed by atoms with van der Waals surface area (Å²) < 4.78 is 0. The summed E-state index contributed by atoms with van der Waals surface area (Å²) in [5.41, 5.74) is -0.618. The standard InChI is InChI=1S/C14H22N2O3S/c1-4-14(3,9-17)16-13(19)8-11(15-10(2)18)12-6-5-7-20-12/h5-7,11,17H,4,8-9H2,1-3H3,(H,15,18)(H,16,19). The van der Waals surface area contributed by atoms with Crippen LogP contribution in [0.4, 0.5) is 0 Å². The van der Waals surface area contributed by atoms with Gasteiger partial charge in [0.2, 0.25) is 11.8 Å². The number of carbonyl (C=O) groups is 2. The SMILES string of the molecule is CCC(C)(CO)NC(=O)CC(NC(C)=O)c1cccs1. The van der Waals surface area contributed by atoms with Crippen molar-refractivity contribution in [1.82, 2.24) is 10.6 Å². The van der Waals surface area contributed by atoms with Gasteiger partial charge >= 0.3 is 0 Å². The molecule has 112 valence electrons. The van der Waals surface area contributed by atoms with Gasteiger partial charge in [-0.3, -0.25) is 9.59 Å². The Balaban J connectivity index is 2.70. The highest BCUT2D eigenvalue weighted by Gasteiger charge is 2.25. The van der Waals surface area contributed by atoms with E-state index >= 15 is 0 Å². The smallest absolute Gasteiger partial charge is 0.222 e. The van der Waals surface area contributed by atoms with E-state index in [1.165, 1.54) is 18.3 Å². The molecule has 1 rings (SSSR count). The maximum atomic E-state index is 12.1. The lowest BCUT2D eigenvalue weighted by Gasteiger charge is -2.28. The molecule has 1 aromatic heterocycles. The normalized spacial score (nSPS) is 15.2. The maximum absolute atomic E-state index is 12.1. The summed E-state index contributed by atoms with van der Waals surface area (Å²) >= 11 is 1.50. The van der Waals surface area contributed by atoms with Gasteiger partial charge in [0.1, 0.15) is 0 Å². The Morgan fingerprint density at radius 3 is 2.65 bits per heavy atom. The first-order valence-corrected chi connectivity index (χ1v) is 7.50. The second-order valence-electron chi connectivity index (χ2n) is 5.09. The molecular weight excluding hydrogens is 276 g/mol. The predicted molar refractivity (Wildman–Crippen MR) is 79.4 cm³/mol. The second-order valence-corrected chi connectivity index (χ2v) is 6.07. The molecule has 0 radical (unpaired) electrons. The van der Waals surface area contributed by atoms with Crippen LogP contribution in [0.5, 0.6) is 0 Å². The number of aliphatic hydroxyl groups excluding tert-OH is 1. The molecule has 0 saturated carbocycles. The first-order chi connectivity index (χ1) is 9.40. The zero-order chi connectivity index (χ0) is 15.2. The van der Waals surface area contributed by atoms with Crippen LogP contribution in [0, 0.1) is 0 Å². The van der Waals surface area contributed by atoms with E-state index in [-0.39, 0.29) is 30.9 Å². The van der Waals surface area contributed by atoms with Gasteiger partial charge in [0.15, 0.2) is 0 Å². The highest BCUT2D eigenvalue weighted by atomic mass is 32.1. The molecule has 0 aliphatic heterocycles. The van der Waals surface area contributed by atoms with Crippen LogP contribution < -0.4 is 10.6 Å². The van der Waals surface area contributed by atoms with E-state index in [0.29, 0.717) is 6.42 Å². The molecule has 0 aliphatic carbocycles. The fourth-order valence-electron chi connectivity index (χ4n) is 1.77. The number of hydrogen-bond donors (Lipinski definition) is 3. The summed E-state index contributed by atoms with van der Waals surface area (Å²) in [6.07, 6.45) is 0.800. The number of amides is 2. The van der Waals surface area contributed by atoms with E-state index in [1.807, 2.05) is 24.4 Å². The van der Waals surface area contributed by atoms with Gasteiger partial charge in [0, 0.05) is 11.8 Å². The van der Waals surface area contributed by atoms with E-state index in [1.54, 1.807) is 6.92 Å². The Bertz CT molecular complexity index is 441. The fraction of sp³-hybridized carbons (Fsp3) is 0.571. The highest BCUT2D eigenvalue weighted by molar-refractivity contribution is 7.10. The van der Waals surface area contributed by atoms with Crippen LogP contribution in [0.2, 0.25) is 0 Å². The van der Waals surface area contributed by atoms with Crippen molar-refractivity contribution in [3.05, 3.63) is 22.4 Å². The molecule has 20 heavy (non-hydrogen) atoms. The zero-order valence-electron chi connectivity index (χ0n) is 12.1. The minimum Gasteiger partial charge on any atom is -0.394 e. The quantitative estimate of drug-likeness (QED) is 0.715. The average molecular weight is 298 g/mol. The molecule has 1 heterocycles. The van der Waals surface area contributed by atoms with Crippen LogP contribution in [-0.2, 0) is 9.59 Å². The van der Waals surface area contributed by atoms with Gasteiger partial charge in [-0.2, -0.15) is 0 Å². The summed E-state index contributed by atoms with van der Waals surface area (Å²) in [5, 5.41) is 16.8. The third-order valence-corrected chi connectivity index (χ3v) is 4.21. The molecule has 0 saturated heterocycles. The lowest BCUT2D eigenvalue weighted by molar-refractivity contribution is -0.124. The lowest BCUT2D eigenvalue weighted by Crippen LogP contribution is -2.49. The second kappa shape index (κ2) is 7.40. The topological polar surface area (TPSA) is 78.4 Å². The summed E-state index contributed by atoms with van der Waals surface area (Å²) in [5.74, 6) is -0.354. The molecule has 3 N–H and O–H groups in total. The van der Waals surface area contributed by atoms with Crippen molar-refractivity contribution >= 4 is 23.2 Å².